The Bertz CT molecular complexity index is 971. The molecule has 2 aromatic rings. The van der Waals surface area contributed by atoms with Gasteiger partial charge >= 0.3 is 5.97 Å². The molecule has 3 rings (SSSR count). The number of ether oxygens (including phenoxy) is 1. The maximum absolute atomic E-state index is 12.8. The van der Waals surface area contributed by atoms with Gasteiger partial charge in [-0.05, 0) is 49.1 Å². The van der Waals surface area contributed by atoms with E-state index in [0.29, 0.717) is 25.2 Å². The highest BCUT2D eigenvalue weighted by Crippen LogP contribution is 2.21. The van der Waals surface area contributed by atoms with E-state index in [9.17, 15) is 18.0 Å². The van der Waals surface area contributed by atoms with E-state index in [1.807, 2.05) is 0 Å². The molecule has 1 aromatic carbocycles. The number of hydrogen-bond acceptors (Lipinski definition) is 5. The number of aromatic nitrogens is 1. The van der Waals surface area contributed by atoms with E-state index < -0.39 is 16.0 Å². The van der Waals surface area contributed by atoms with E-state index in [1.54, 1.807) is 58.5 Å². The highest BCUT2D eigenvalue weighted by molar-refractivity contribution is 7.89. The van der Waals surface area contributed by atoms with Crippen molar-refractivity contribution < 1.29 is 22.7 Å². The van der Waals surface area contributed by atoms with Gasteiger partial charge in [0.05, 0.1) is 10.6 Å². The zero-order valence-corrected chi connectivity index (χ0v) is 18.1. The van der Waals surface area contributed by atoms with Gasteiger partial charge in [0.2, 0.25) is 15.8 Å². The molecule has 1 aliphatic rings. The van der Waals surface area contributed by atoms with Crippen molar-refractivity contribution >= 4 is 21.8 Å². The molecule has 30 heavy (non-hydrogen) atoms. The molecule has 0 spiro atoms. The van der Waals surface area contributed by atoms with Crippen LogP contribution in [0.15, 0.2) is 47.5 Å². The van der Waals surface area contributed by atoms with Crippen LogP contribution in [0.25, 0.3) is 0 Å². The third-order valence-electron chi connectivity index (χ3n) is 5.34. The van der Waals surface area contributed by atoms with Crippen LogP contribution in [0.5, 0.6) is 0 Å². The molecule has 162 valence electrons. The summed E-state index contributed by atoms with van der Waals surface area (Å²) in [4.78, 5) is 24.3. The van der Waals surface area contributed by atoms with Gasteiger partial charge in [-0.1, -0.05) is 25.0 Å². The number of nitrogens with zero attached hydrogens (tertiary/aromatic N) is 2. The Kier molecular flexibility index (Phi) is 7.44. The molecule has 0 unspecified atom stereocenters. The van der Waals surface area contributed by atoms with Gasteiger partial charge in [0.25, 0.3) is 0 Å². The van der Waals surface area contributed by atoms with E-state index in [-0.39, 0.29) is 23.7 Å². The third kappa shape index (κ3) is 5.58. The standard InChI is InChI=1S/C22H28N2O5S/c1-23-14-6-7-20(23)21(25)17-29-22(26)13-10-18-8-11-19(12-9-18)30(27,28)24-15-4-2-3-5-16-24/h6-9,11-12,14H,2-5,10,13,15-17H2,1H3. The van der Waals surface area contributed by atoms with Gasteiger partial charge in [-0.25, -0.2) is 8.42 Å². The van der Waals surface area contributed by atoms with E-state index in [4.69, 9.17) is 4.74 Å². The molecule has 0 aliphatic carbocycles. The second kappa shape index (κ2) is 10.0. The van der Waals surface area contributed by atoms with Crippen LogP contribution in [-0.2, 0) is 33.0 Å². The van der Waals surface area contributed by atoms with Gasteiger partial charge in [0.1, 0.15) is 0 Å². The lowest BCUT2D eigenvalue weighted by atomic mass is 10.1. The second-order valence-corrected chi connectivity index (χ2v) is 9.49. The van der Waals surface area contributed by atoms with Crippen molar-refractivity contribution in [3.8, 4) is 0 Å². The van der Waals surface area contributed by atoms with Crippen molar-refractivity contribution in [3.05, 3.63) is 53.9 Å². The van der Waals surface area contributed by atoms with Crippen LogP contribution in [0.4, 0.5) is 0 Å². The van der Waals surface area contributed by atoms with Crippen molar-refractivity contribution in [2.24, 2.45) is 7.05 Å². The molecule has 1 fully saturated rings. The van der Waals surface area contributed by atoms with Gasteiger partial charge in [0, 0.05) is 32.8 Å². The van der Waals surface area contributed by atoms with Gasteiger partial charge in [-0.3, -0.25) is 9.59 Å². The van der Waals surface area contributed by atoms with Crippen molar-refractivity contribution in [1.29, 1.82) is 0 Å². The monoisotopic (exact) mass is 432 g/mol. The van der Waals surface area contributed by atoms with Crippen LogP contribution in [0, 0.1) is 0 Å². The van der Waals surface area contributed by atoms with Crippen LogP contribution in [-0.4, -0.2) is 48.7 Å². The predicted octanol–water partition coefficient (Wildman–Crippen LogP) is 2.95. The summed E-state index contributed by atoms with van der Waals surface area (Å²) in [6.07, 6.45) is 6.22. The smallest absolute Gasteiger partial charge is 0.306 e. The molecule has 1 aliphatic heterocycles. The van der Waals surface area contributed by atoms with E-state index >= 15 is 0 Å². The lowest BCUT2D eigenvalue weighted by molar-refractivity contribution is -0.142. The summed E-state index contributed by atoms with van der Waals surface area (Å²) in [6, 6.07) is 10.1. The SMILES string of the molecule is Cn1cccc1C(=O)COC(=O)CCc1ccc(S(=O)(=O)N2CCCCCC2)cc1. The fourth-order valence-electron chi connectivity index (χ4n) is 3.55. The molecule has 8 heteroatoms. The fourth-order valence-corrected chi connectivity index (χ4v) is 5.07. The van der Waals surface area contributed by atoms with Crippen LogP contribution in [0.3, 0.4) is 0 Å². The minimum Gasteiger partial charge on any atom is -0.457 e. The number of carbonyl (C=O) groups is 2. The minimum atomic E-state index is -3.47. The summed E-state index contributed by atoms with van der Waals surface area (Å²) in [6.45, 7) is 0.846. The first-order valence-corrected chi connectivity index (χ1v) is 11.7. The Hall–Kier alpha value is -2.45. The quantitative estimate of drug-likeness (QED) is 0.473. The zero-order chi connectivity index (χ0) is 21.6. The molecule has 0 atom stereocenters. The van der Waals surface area contributed by atoms with Crippen molar-refractivity contribution in [2.75, 3.05) is 19.7 Å². The Morgan fingerprint density at radius 1 is 1.00 bits per heavy atom. The Balaban J connectivity index is 1.50. The number of ketones is 1. The molecule has 0 amide bonds. The van der Waals surface area contributed by atoms with Gasteiger partial charge in [-0.15, -0.1) is 0 Å². The van der Waals surface area contributed by atoms with Crippen LogP contribution in [0.1, 0.15) is 48.2 Å². The predicted molar refractivity (Wildman–Crippen MR) is 113 cm³/mol. The molecule has 2 heterocycles. The van der Waals surface area contributed by atoms with Gasteiger partial charge in [-0.2, -0.15) is 4.31 Å². The first kappa shape index (κ1) is 22.2. The van der Waals surface area contributed by atoms with Crippen molar-refractivity contribution in [2.45, 2.75) is 43.4 Å². The number of aryl methyl sites for hydroxylation is 2. The molecular formula is C22H28N2O5S. The molecular weight excluding hydrogens is 404 g/mol. The normalized spacial score (nSPS) is 15.5. The summed E-state index contributed by atoms with van der Waals surface area (Å²) in [5, 5.41) is 0. The summed E-state index contributed by atoms with van der Waals surface area (Å²) in [5.74, 6) is -0.710. The third-order valence-corrected chi connectivity index (χ3v) is 7.25. The molecule has 0 bridgehead atoms. The second-order valence-electron chi connectivity index (χ2n) is 7.55. The highest BCUT2D eigenvalue weighted by atomic mass is 32.2. The first-order valence-electron chi connectivity index (χ1n) is 10.3. The number of benzene rings is 1. The number of carbonyl (C=O) groups excluding carboxylic acids is 2. The number of hydrogen-bond donors (Lipinski definition) is 0. The average Bonchev–Trinajstić information content (AvgIpc) is 2.99. The fraction of sp³-hybridized carbons (Fsp3) is 0.455. The maximum atomic E-state index is 12.8. The van der Waals surface area contributed by atoms with E-state index in [1.165, 1.54) is 0 Å². The Morgan fingerprint density at radius 3 is 2.27 bits per heavy atom. The van der Waals surface area contributed by atoms with E-state index in [0.717, 1.165) is 31.2 Å². The first-order chi connectivity index (χ1) is 14.4. The summed E-state index contributed by atoms with van der Waals surface area (Å²) in [7, 11) is -1.72. The number of rotatable bonds is 8. The van der Waals surface area contributed by atoms with E-state index in [2.05, 4.69) is 0 Å². The molecule has 7 nitrogen and oxygen atoms in total. The van der Waals surface area contributed by atoms with Gasteiger partial charge < -0.3 is 9.30 Å². The maximum Gasteiger partial charge on any atom is 0.306 e. The lowest BCUT2D eigenvalue weighted by Gasteiger charge is -2.20. The summed E-state index contributed by atoms with van der Waals surface area (Å²) in [5.41, 5.74) is 1.33. The summed E-state index contributed by atoms with van der Waals surface area (Å²) < 4.78 is 33.9. The van der Waals surface area contributed by atoms with Crippen LogP contribution < -0.4 is 0 Å². The Labute approximate surface area is 177 Å². The zero-order valence-electron chi connectivity index (χ0n) is 17.2. The minimum absolute atomic E-state index is 0.124. The molecule has 0 N–H and O–H groups in total. The van der Waals surface area contributed by atoms with Crippen molar-refractivity contribution in [1.82, 2.24) is 8.87 Å². The number of sulfonamides is 1. The molecule has 0 radical (unpaired) electrons. The number of esters is 1. The average molecular weight is 433 g/mol. The molecule has 0 saturated carbocycles. The van der Waals surface area contributed by atoms with Crippen LogP contribution >= 0.6 is 0 Å². The van der Waals surface area contributed by atoms with Crippen LogP contribution in [0.2, 0.25) is 0 Å². The largest absolute Gasteiger partial charge is 0.457 e. The molecule has 1 saturated heterocycles. The van der Waals surface area contributed by atoms with Gasteiger partial charge in [0.15, 0.2) is 6.61 Å². The topological polar surface area (TPSA) is 85.7 Å². The molecule has 1 aromatic heterocycles. The lowest BCUT2D eigenvalue weighted by Crippen LogP contribution is -2.31. The van der Waals surface area contributed by atoms with Crippen molar-refractivity contribution in [3.63, 3.8) is 0 Å². The number of Topliss-reactive ketones (excluding diaryl/α,β-unsaturated/α-hetero) is 1. The highest BCUT2D eigenvalue weighted by Gasteiger charge is 2.24. The summed E-state index contributed by atoms with van der Waals surface area (Å²) >= 11 is 0. The Morgan fingerprint density at radius 2 is 1.67 bits per heavy atom.